The van der Waals surface area contributed by atoms with Gasteiger partial charge in [-0.1, -0.05) is 19.3 Å². The zero-order valence-electron chi connectivity index (χ0n) is 16.4. The van der Waals surface area contributed by atoms with Crippen molar-refractivity contribution in [3.8, 4) is 0 Å². The van der Waals surface area contributed by atoms with Gasteiger partial charge in [0.05, 0.1) is 13.0 Å². The molecule has 1 N–H and O–H groups in total. The van der Waals surface area contributed by atoms with Crippen LogP contribution in [0.1, 0.15) is 51.5 Å². The van der Waals surface area contributed by atoms with Crippen LogP contribution in [0.4, 0.5) is 16.2 Å². The average Bonchev–Trinajstić information content (AvgIpc) is 3.21. The number of fused-ring (bicyclic) bond motifs is 1. The van der Waals surface area contributed by atoms with Gasteiger partial charge in [-0.05, 0) is 50.5 Å². The summed E-state index contributed by atoms with van der Waals surface area (Å²) < 4.78 is 5.33. The van der Waals surface area contributed by atoms with Gasteiger partial charge in [0.15, 0.2) is 6.10 Å². The highest BCUT2D eigenvalue weighted by atomic mass is 16.6. The number of nitrogens with one attached hydrogen (secondary N) is 1. The number of anilines is 2. The van der Waals surface area contributed by atoms with E-state index in [2.05, 4.69) is 5.32 Å². The van der Waals surface area contributed by atoms with Gasteiger partial charge in [-0.2, -0.15) is 0 Å². The summed E-state index contributed by atoms with van der Waals surface area (Å²) in [5.41, 5.74) is 2.46. The summed E-state index contributed by atoms with van der Waals surface area (Å²) in [5.74, 6) is -0.152. The number of hydrogen-bond donors (Lipinski definition) is 1. The molecule has 2 fully saturated rings. The second-order valence-corrected chi connectivity index (χ2v) is 8.17. The Morgan fingerprint density at radius 2 is 1.93 bits per heavy atom. The molecule has 1 atom stereocenters. The highest BCUT2D eigenvalue weighted by molar-refractivity contribution is 6.03. The number of amides is 3. The number of nitrogens with zero attached hydrogens (tertiary/aromatic N) is 2. The summed E-state index contributed by atoms with van der Waals surface area (Å²) in [4.78, 5) is 40.4. The highest BCUT2D eigenvalue weighted by Crippen LogP contribution is 2.35. The molecule has 1 aliphatic carbocycles. The molecule has 2 heterocycles. The molecule has 0 spiro atoms. The van der Waals surface area contributed by atoms with Gasteiger partial charge in [0.1, 0.15) is 0 Å². The average molecular weight is 385 g/mol. The predicted octanol–water partition coefficient (Wildman–Crippen LogP) is 2.76. The van der Waals surface area contributed by atoms with Crippen molar-refractivity contribution in [2.75, 3.05) is 16.3 Å². The fraction of sp³-hybridized carbons (Fsp3) is 0.571. The Labute approximate surface area is 165 Å². The molecule has 0 bridgehead atoms. The first-order chi connectivity index (χ1) is 13.4. The zero-order valence-corrected chi connectivity index (χ0v) is 16.4. The molecular weight excluding hydrogens is 358 g/mol. The van der Waals surface area contributed by atoms with E-state index in [1.807, 2.05) is 32.0 Å². The largest absolute Gasteiger partial charge is 0.434 e. The molecular formula is C21H27N3O4. The number of carbonyl (C=O) groups excluding carboxylic acids is 3. The lowest BCUT2D eigenvalue weighted by Gasteiger charge is -2.23. The molecule has 3 amide bonds. The molecule has 1 saturated carbocycles. The van der Waals surface area contributed by atoms with E-state index in [4.69, 9.17) is 4.74 Å². The van der Waals surface area contributed by atoms with Gasteiger partial charge >= 0.3 is 6.09 Å². The number of hydrogen-bond acceptors (Lipinski definition) is 4. The van der Waals surface area contributed by atoms with E-state index in [1.54, 1.807) is 4.90 Å². The van der Waals surface area contributed by atoms with Crippen LogP contribution in [0, 0.1) is 0 Å². The third-order valence-electron chi connectivity index (χ3n) is 5.82. The van der Waals surface area contributed by atoms with Crippen molar-refractivity contribution in [2.24, 2.45) is 0 Å². The van der Waals surface area contributed by atoms with Crippen LogP contribution in [-0.4, -0.2) is 42.6 Å². The van der Waals surface area contributed by atoms with E-state index >= 15 is 0 Å². The first-order valence-electron chi connectivity index (χ1n) is 10.2. The molecule has 28 heavy (non-hydrogen) atoms. The molecule has 150 valence electrons. The third kappa shape index (κ3) is 3.45. The van der Waals surface area contributed by atoms with Crippen LogP contribution in [-0.2, 0) is 20.7 Å². The number of cyclic esters (lactones) is 1. The lowest BCUT2D eigenvalue weighted by atomic mass is 9.95. The number of benzene rings is 1. The van der Waals surface area contributed by atoms with Crippen molar-refractivity contribution in [3.63, 3.8) is 0 Å². The van der Waals surface area contributed by atoms with E-state index < -0.39 is 12.2 Å². The van der Waals surface area contributed by atoms with Crippen LogP contribution in [0.2, 0.25) is 0 Å². The van der Waals surface area contributed by atoms with Crippen LogP contribution < -0.4 is 15.1 Å². The van der Waals surface area contributed by atoms with E-state index in [-0.39, 0.29) is 30.4 Å². The minimum atomic E-state index is -0.795. The Kier molecular flexibility index (Phi) is 5.00. The molecule has 4 rings (SSSR count). The molecule has 7 nitrogen and oxygen atoms in total. The maximum absolute atomic E-state index is 12.5. The summed E-state index contributed by atoms with van der Waals surface area (Å²) in [5, 5.41) is 3.02. The maximum atomic E-state index is 12.5. The Hall–Kier alpha value is -2.57. The van der Waals surface area contributed by atoms with Crippen molar-refractivity contribution in [1.29, 1.82) is 0 Å². The van der Waals surface area contributed by atoms with Gasteiger partial charge in [0.25, 0.3) is 5.91 Å². The fourth-order valence-electron chi connectivity index (χ4n) is 4.42. The number of carbonyl (C=O) groups is 3. The van der Waals surface area contributed by atoms with Crippen LogP contribution in [0.15, 0.2) is 18.2 Å². The quantitative estimate of drug-likeness (QED) is 0.864. The topological polar surface area (TPSA) is 79.0 Å². The molecule has 1 aromatic carbocycles. The molecule has 2 aliphatic heterocycles. The normalized spacial score (nSPS) is 22.6. The van der Waals surface area contributed by atoms with E-state index in [9.17, 15) is 14.4 Å². The highest BCUT2D eigenvalue weighted by Gasteiger charge is 2.38. The fourth-order valence-corrected chi connectivity index (χ4v) is 4.42. The molecule has 0 unspecified atom stereocenters. The lowest BCUT2D eigenvalue weighted by molar-refractivity contribution is -0.128. The van der Waals surface area contributed by atoms with Crippen LogP contribution >= 0.6 is 0 Å². The standard InChI is InChI=1S/C21H27N3O4/c1-13(2)24-17-9-8-16(10-14(17)11-19(24)25)23-12-18(28-21(23)27)20(26)22-15-6-4-3-5-7-15/h8-10,13,15,18H,3-7,11-12H2,1-2H3,(H,22,26)/t18-/m0/s1. The van der Waals surface area contributed by atoms with Crippen molar-refractivity contribution in [2.45, 2.75) is 70.6 Å². The van der Waals surface area contributed by atoms with E-state index in [0.717, 1.165) is 36.9 Å². The SMILES string of the molecule is CC(C)N1C(=O)Cc2cc(N3C[C@@H](C(=O)NC4CCCCC4)OC3=O)ccc21. The Bertz CT molecular complexity index is 801. The molecule has 0 radical (unpaired) electrons. The molecule has 0 aromatic heterocycles. The van der Waals surface area contributed by atoms with E-state index in [0.29, 0.717) is 12.1 Å². The van der Waals surface area contributed by atoms with Crippen LogP contribution in [0.5, 0.6) is 0 Å². The minimum absolute atomic E-state index is 0.0656. The van der Waals surface area contributed by atoms with Gasteiger partial charge in [-0.3, -0.25) is 14.5 Å². The molecule has 1 aromatic rings. The van der Waals surface area contributed by atoms with Crippen molar-refractivity contribution in [1.82, 2.24) is 5.32 Å². The summed E-state index contributed by atoms with van der Waals surface area (Å²) in [6.45, 7) is 4.15. The predicted molar refractivity (Wildman–Crippen MR) is 105 cm³/mol. The number of rotatable bonds is 4. The Morgan fingerprint density at radius 1 is 1.18 bits per heavy atom. The smallest absolute Gasteiger partial charge is 0.415 e. The van der Waals surface area contributed by atoms with Gasteiger partial charge in [-0.25, -0.2) is 4.79 Å². The second kappa shape index (κ2) is 7.45. The number of ether oxygens (including phenoxy) is 1. The zero-order chi connectivity index (χ0) is 19.8. The lowest BCUT2D eigenvalue weighted by Crippen LogP contribution is -2.43. The van der Waals surface area contributed by atoms with Crippen molar-refractivity contribution in [3.05, 3.63) is 23.8 Å². The van der Waals surface area contributed by atoms with Gasteiger partial charge in [-0.15, -0.1) is 0 Å². The monoisotopic (exact) mass is 385 g/mol. The Morgan fingerprint density at radius 3 is 2.64 bits per heavy atom. The van der Waals surface area contributed by atoms with Crippen LogP contribution in [0.25, 0.3) is 0 Å². The summed E-state index contributed by atoms with van der Waals surface area (Å²) in [6, 6.07) is 5.82. The van der Waals surface area contributed by atoms with Crippen molar-refractivity contribution < 1.29 is 19.1 Å². The van der Waals surface area contributed by atoms with Crippen molar-refractivity contribution >= 4 is 29.3 Å². The van der Waals surface area contributed by atoms with E-state index in [1.165, 1.54) is 11.3 Å². The Balaban J connectivity index is 1.45. The summed E-state index contributed by atoms with van der Waals surface area (Å²) in [7, 11) is 0. The maximum Gasteiger partial charge on any atom is 0.415 e. The molecule has 1 saturated heterocycles. The van der Waals surface area contributed by atoms with Gasteiger partial charge < -0.3 is 15.0 Å². The first kappa shape index (κ1) is 18.8. The summed E-state index contributed by atoms with van der Waals surface area (Å²) in [6.07, 6.45) is 4.46. The second-order valence-electron chi connectivity index (χ2n) is 8.17. The third-order valence-corrected chi connectivity index (χ3v) is 5.82. The van der Waals surface area contributed by atoms with Crippen LogP contribution in [0.3, 0.4) is 0 Å². The van der Waals surface area contributed by atoms with Gasteiger partial charge in [0, 0.05) is 23.5 Å². The van der Waals surface area contributed by atoms with Gasteiger partial charge in [0.2, 0.25) is 5.91 Å². The first-order valence-corrected chi connectivity index (χ1v) is 10.2. The minimum Gasteiger partial charge on any atom is -0.434 e. The summed E-state index contributed by atoms with van der Waals surface area (Å²) >= 11 is 0. The molecule has 7 heteroatoms. The molecule has 3 aliphatic rings.